The van der Waals surface area contributed by atoms with Gasteiger partial charge in [0.25, 0.3) is 0 Å². The summed E-state index contributed by atoms with van der Waals surface area (Å²) in [5, 5.41) is 38.1. The molecule has 34 heavy (non-hydrogen) atoms. The normalized spacial score (nSPS) is 14.1. The summed E-state index contributed by atoms with van der Waals surface area (Å²) in [5.41, 5.74) is -0.495. The molecule has 1 aliphatic rings. The van der Waals surface area contributed by atoms with Gasteiger partial charge >= 0.3 is 11.8 Å². The van der Waals surface area contributed by atoms with E-state index in [2.05, 4.69) is 22.9 Å². The Morgan fingerprint density at radius 2 is 1.91 bits per heavy atom. The van der Waals surface area contributed by atoms with Crippen molar-refractivity contribution >= 4 is 22.4 Å². The summed E-state index contributed by atoms with van der Waals surface area (Å²) in [7, 11) is 0. The molecule has 3 aromatic rings. The van der Waals surface area contributed by atoms with Crippen LogP contribution in [0.25, 0.3) is 10.9 Å². The lowest BCUT2D eigenvalue weighted by Crippen LogP contribution is -2.43. The Kier molecular flexibility index (Phi) is 5.86. The number of nitriles is 1. The number of benzene rings is 2. The standard InChI is InChI=1S/C24H21FN4O5/c1-23(2,14-26)10-9-15-5-3-7-18-16(15)13-34-12-11-28(18)21-20-17(25)6-4-8-19(20)29(22(30)27-21)24(31,32)33/h3-8,31-33H,11-13H2,1-2H3. The molecular weight excluding hydrogens is 443 g/mol. The summed E-state index contributed by atoms with van der Waals surface area (Å²) in [6.07, 6.45) is -3.58. The minimum atomic E-state index is -3.58. The van der Waals surface area contributed by atoms with Crippen molar-refractivity contribution in [3.8, 4) is 17.9 Å². The Balaban J connectivity index is 1.99. The van der Waals surface area contributed by atoms with Gasteiger partial charge in [-0.3, -0.25) is 0 Å². The second kappa shape index (κ2) is 8.52. The Morgan fingerprint density at radius 1 is 1.18 bits per heavy atom. The summed E-state index contributed by atoms with van der Waals surface area (Å²) in [6.45, 7) is 4.00. The smallest absolute Gasteiger partial charge is 0.375 e. The highest BCUT2D eigenvalue weighted by atomic mass is 19.1. The molecule has 0 saturated heterocycles. The van der Waals surface area contributed by atoms with Crippen molar-refractivity contribution in [1.82, 2.24) is 9.55 Å². The molecule has 4 rings (SSSR count). The van der Waals surface area contributed by atoms with Crippen LogP contribution < -0.4 is 10.6 Å². The fourth-order valence-electron chi connectivity index (χ4n) is 3.72. The molecule has 0 saturated carbocycles. The van der Waals surface area contributed by atoms with E-state index in [1.807, 2.05) is 0 Å². The molecule has 3 N–H and O–H groups in total. The first-order chi connectivity index (χ1) is 16.0. The maximum absolute atomic E-state index is 15.0. The van der Waals surface area contributed by atoms with Gasteiger partial charge in [0.2, 0.25) is 0 Å². The van der Waals surface area contributed by atoms with Gasteiger partial charge in [-0.2, -0.15) is 10.2 Å². The lowest BCUT2D eigenvalue weighted by Gasteiger charge is -2.27. The molecule has 9 nitrogen and oxygen atoms in total. The molecular formula is C24H21FN4O5. The molecule has 0 fully saturated rings. The monoisotopic (exact) mass is 464 g/mol. The fourth-order valence-corrected chi connectivity index (χ4v) is 3.72. The highest BCUT2D eigenvalue weighted by molar-refractivity contribution is 5.93. The summed E-state index contributed by atoms with van der Waals surface area (Å²) in [6, 6.07) is 11.1. The number of nitrogens with zero attached hydrogens (tertiary/aromatic N) is 4. The van der Waals surface area contributed by atoms with Gasteiger partial charge in [0.15, 0.2) is 5.82 Å². The van der Waals surface area contributed by atoms with E-state index in [0.29, 0.717) is 16.8 Å². The highest BCUT2D eigenvalue weighted by Crippen LogP contribution is 2.36. The zero-order chi connectivity index (χ0) is 24.7. The van der Waals surface area contributed by atoms with Crippen LogP contribution in [0, 0.1) is 34.4 Å². The molecule has 0 amide bonds. The SMILES string of the molecule is CC(C)(C#N)C#Cc1cccc2c1COCCN2c1nc(=O)n(C(O)(O)O)c2cccc(F)c12. The quantitative estimate of drug-likeness (QED) is 0.385. The van der Waals surface area contributed by atoms with Crippen molar-refractivity contribution in [2.75, 3.05) is 18.1 Å². The highest BCUT2D eigenvalue weighted by Gasteiger charge is 2.31. The number of aliphatic hydroxyl groups is 3. The predicted octanol–water partition coefficient (Wildman–Crippen LogP) is 1.65. The Morgan fingerprint density at radius 3 is 2.62 bits per heavy atom. The Hall–Kier alpha value is -3.80. The van der Waals surface area contributed by atoms with Crippen molar-refractivity contribution in [2.24, 2.45) is 5.41 Å². The van der Waals surface area contributed by atoms with Crippen molar-refractivity contribution in [3.63, 3.8) is 0 Å². The maximum Gasteiger partial charge on any atom is 0.377 e. The average molecular weight is 464 g/mol. The molecule has 10 heteroatoms. The molecule has 0 bridgehead atoms. The van der Waals surface area contributed by atoms with Crippen molar-refractivity contribution in [2.45, 2.75) is 26.6 Å². The molecule has 1 aliphatic heterocycles. The first-order valence-corrected chi connectivity index (χ1v) is 10.3. The molecule has 0 atom stereocenters. The number of fused-ring (bicyclic) bond motifs is 2. The van der Waals surface area contributed by atoms with Crippen LogP contribution in [0.1, 0.15) is 25.0 Å². The van der Waals surface area contributed by atoms with Gasteiger partial charge in [0, 0.05) is 23.4 Å². The van der Waals surface area contributed by atoms with E-state index in [4.69, 9.17) is 4.74 Å². The van der Waals surface area contributed by atoms with Crippen molar-refractivity contribution in [3.05, 3.63) is 63.8 Å². The first-order valence-electron chi connectivity index (χ1n) is 10.3. The topological polar surface area (TPSA) is 132 Å². The zero-order valence-corrected chi connectivity index (χ0v) is 18.4. The van der Waals surface area contributed by atoms with E-state index in [1.54, 1.807) is 36.9 Å². The van der Waals surface area contributed by atoms with Crippen molar-refractivity contribution in [1.29, 1.82) is 5.26 Å². The van der Waals surface area contributed by atoms with Crippen LogP contribution in [0.15, 0.2) is 41.2 Å². The summed E-state index contributed by atoms with van der Waals surface area (Å²) in [4.78, 5) is 18.2. The minimum absolute atomic E-state index is 0.0761. The molecule has 174 valence electrons. The molecule has 0 aliphatic carbocycles. The average Bonchev–Trinajstić information content (AvgIpc) is 2.99. The molecule has 1 aromatic heterocycles. The Bertz CT molecular complexity index is 1440. The van der Waals surface area contributed by atoms with E-state index in [9.17, 15) is 25.4 Å². The van der Waals surface area contributed by atoms with E-state index in [0.717, 1.165) is 6.07 Å². The van der Waals surface area contributed by atoms with Gasteiger partial charge in [0.05, 0.1) is 30.2 Å². The van der Waals surface area contributed by atoms with E-state index >= 15 is 4.39 Å². The fraction of sp³-hybridized carbons (Fsp3) is 0.292. The minimum Gasteiger partial charge on any atom is -0.375 e. The van der Waals surface area contributed by atoms with Gasteiger partial charge in [0.1, 0.15) is 11.2 Å². The van der Waals surface area contributed by atoms with Gasteiger partial charge in [-0.25, -0.2) is 13.8 Å². The lowest BCUT2D eigenvalue weighted by atomic mass is 9.95. The molecule has 0 radical (unpaired) electrons. The second-order valence-electron chi connectivity index (χ2n) is 8.28. The van der Waals surface area contributed by atoms with Crippen LogP contribution in [-0.4, -0.2) is 38.0 Å². The van der Waals surface area contributed by atoms with Gasteiger partial charge in [-0.1, -0.05) is 24.0 Å². The number of anilines is 2. The largest absolute Gasteiger partial charge is 0.377 e. The summed E-state index contributed by atoms with van der Waals surface area (Å²) >= 11 is 0. The Labute approximate surface area is 193 Å². The lowest BCUT2D eigenvalue weighted by molar-refractivity contribution is -0.374. The van der Waals surface area contributed by atoms with Crippen molar-refractivity contribution < 1.29 is 24.4 Å². The summed E-state index contributed by atoms with van der Waals surface area (Å²) < 4.78 is 21.0. The van der Waals surface area contributed by atoms with Crippen LogP contribution in [-0.2, 0) is 17.4 Å². The van der Waals surface area contributed by atoms with E-state index in [1.165, 1.54) is 12.1 Å². The summed E-state index contributed by atoms with van der Waals surface area (Å²) in [5.74, 6) is 5.08. The van der Waals surface area contributed by atoms with Gasteiger partial charge in [-0.05, 0) is 38.1 Å². The molecule has 0 spiro atoms. The third-order valence-corrected chi connectivity index (χ3v) is 5.34. The zero-order valence-electron chi connectivity index (χ0n) is 18.4. The van der Waals surface area contributed by atoms with Crippen LogP contribution in [0.5, 0.6) is 0 Å². The number of hydrogen-bond donors (Lipinski definition) is 3. The predicted molar refractivity (Wildman–Crippen MR) is 120 cm³/mol. The number of halogens is 1. The van der Waals surface area contributed by atoms with E-state index in [-0.39, 0.29) is 41.0 Å². The molecule has 0 unspecified atom stereocenters. The van der Waals surface area contributed by atoms with Crippen LogP contribution in [0.2, 0.25) is 0 Å². The van der Waals surface area contributed by atoms with Gasteiger partial charge < -0.3 is 25.0 Å². The molecule has 2 heterocycles. The number of ether oxygens (including phenoxy) is 1. The van der Waals surface area contributed by atoms with E-state index < -0.39 is 23.0 Å². The third kappa shape index (κ3) is 4.23. The van der Waals surface area contributed by atoms with Crippen LogP contribution in [0.4, 0.5) is 15.9 Å². The number of aromatic nitrogens is 2. The maximum atomic E-state index is 15.0. The second-order valence-corrected chi connectivity index (χ2v) is 8.28. The van der Waals surface area contributed by atoms with Gasteiger partial charge in [-0.15, -0.1) is 0 Å². The van der Waals surface area contributed by atoms with Crippen LogP contribution in [0.3, 0.4) is 0 Å². The number of rotatable bonds is 2. The van der Waals surface area contributed by atoms with Crippen LogP contribution >= 0.6 is 0 Å². The first kappa shape index (κ1) is 23.4. The number of hydrogen-bond acceptors (Lipinski definition) is 8. The third-order valence-electron chi connectivity index (χ3n) is 5.34. The molecule has 2 aromatic carbocycles.